The molecule has 0 saturated heterocycles. The molecule has 0 bridgehead atoms. The first-order valence-electron chi connectivity index (χ1n) is 9.58. The topological polar surface area (TPSA) is 103 Å². The van der Waals surface area contributed by atoms with Crippen molar-refractivity contribution in [2.45, 2.75) is 19.0 Å². The van der Waals surface area contributed by atoms with Crippen LogP contribution >= 0.6 is 11.6 Å². The first-order chi connectivity index (χ1) is 15.8. The van der Waals surface area contributed by atoms with Gasteiger partial charge in [0, 0.05) is 37.4 Å². The van der Waals surface area contributed by atoms with Gasteiger partial charge in [-0.1, -0.05) is 17.7 Å². The predicted octanol–water partition coefficient (Wildman–Crippen LogP) is 4.51. The van der Waals surface area contributed by atoms with Gasteiger partial charge in [-0.05, 0) is 24.6 Å². The second-order valence-corrected chi connectivity index (χ2v) is 9.33. The zero-order valence-electron chi connectivity index (χ0n) is 17.4. The van der Waals surface area contributed by atoms with Crippen molar-refractivity contribution >= 4 is 27.4 Å². The fraction of sp³-hybridized carbons (Fsp3) is 0.250. The molecule has 0 atom stereocenters. The van der Waals surface area contributed by atoms with Gasteiger partial charge >= 0.3 is 12.2 Å². The summed E-state index contributed by atoms with van der Waals surface area (Å²) in [5, 5.41) is -0.106. The lowest BCUT2D eigenvalue weighted by atomic mass is 10.2. The molecule has 8 nitrogen and oxygen atoms in total. The van der Waals surface area contributed by atoms with Gasteiger partial charge in [0.2, 0.25) is 15.6 Å². The number of para-hydroxylation sites is 1. The van der Waals surface area contributed by atoms with E-state index >= 15 is 0 Å². The van der Waals surface area contributed by atoms with Crippen LogP contribution in [0, 0.1) is 5.82 Å². The van der Waals surface area contributed by atoms with E-state index in [0.717, 1.165) is 6.07 Å². The van der Waals surface area contributed by atoms with E-state index in [-0.39, 0.29) is 22.1 Å². The number of ether oxygens (including phenoxy) is 1. The molecule has 0 amide bonds. The average molecular weight is 521 g/mol. The molecule has 1 aromatic carbocycles. The Hall–Kier alpha value is -3.19. The summed E-state index contributed by atoms with van der Waals surface area (Å²) < 4.78 is 84.5. The number of anilines is 1. The highest BCUT2D eigenvalue weighted by Gasteiger charge is 2.27. The first kappa shape index (κ1) is 25.4. The van der Waals surface area contributed by atoms with Crippen molar-refractivity contribution in [3.63, 3.8) is 0 Å². The van der Waals surface area contributed by atoms with E-state index in [4.69, 9.17) is 16.3 Å². The molecule has 182 valence electrons. The third kappa shape index (κ3) is 6.90. The fourth-order valence-corrected chi connectivity index (χ4v) is 4.01. The van der Waals surface area contributed by atoms with Gasteiger partial charge in [0.1, 0.15) is 5.82 Å². The van der Waals surface area contributed by atoms with Crippen LogP contribution < -0.4 is 15.0 Å². The number of hydrogen-bond acceptors (Lipinski definition) is 6. The van der Waals surface area contributed by atoms with Crippen molar-refractivity contribution in [1.82, 2.24) is 14.5 Å². The van der Waals surface area contributed by atoms with E-state index in [2.05, 4.69) is 14.7 Å². The molecule has 3 rings (SSSR count). The Bertz CT molecular complexity index is 1340. The Kier molecular flexibility index (Phi) is 7.46. The van der Waals surface area contributed by atoms with Crippen LogP contribution in [0.1, 0.15) is 12.8 Å². The van der Waals surface area contributed by atoms with Crippen LogP contribution in [0.3, 0.4) is 0 Å². The van der Waals surface area contributed by atoms with E-state index in [1.54, 1.807) is 0 Å². The van der Waals surface area contributed by atoms with Gasteiger partial charge in [-0.15, -0.1) is 0 Å². The fourth-order valence-electron chi connectivity index (χ4n) is 2.76. The van der Waals surface area contributed by atoms with Crippen LogP contribution in [0.4, 0.5) is 23.4 Å². The molecular weight excluding hydrogens is 504 g/mol. The van der Waals surface area contributed by atoms with Crippen molar-refractivity contribution < 1.29 is 30.7 Å². The quantitative estimate of drug-likeness (QED) is 0.438. The molecule has 0 aliphatic heterocycles. The van der Waals surface area contributed by atoms with Crippen LogP contribution in [0.5, 0.6) is 11.8 Å². The maximum Gasteiger partial charge on any atom is 0.389 e. The monoisotopic (exact) mass is 520 g/mol. The number of pyridine rings is 1. The number of nitrogens with zero attached hydrogens (tertiary/aromatic N) is 3. The number of sulfonamides is 1. The second kappa shape index (κ2) is 9.97. The Morgan fingerprint density at radius 1 is 1.18 bits per heavy atom. The summed E-state index contributed by atoms with van der Waals surface area (Å²) in [7, 11) is -2.75. The number of alkyl halides is 3. The van der Waals surface area contributed by atoms with Gasteiger partial charge in [0.25, 0.3) is 0 Å². The van der Waals surface area contributed by atoms with Crippen molar-refractivity contribution in [3.8, 4) is 23.0 Å². The third-order valence-corrected chi connectivity index (χ3v) is 5.98. The second-order valence-electron chi connectivity index (χ2n) is 7.08. The lowest BCUT2D eigenvalue weighted by molar-refractivity contribution is -0.134. The average Bonchev–Trinajstić information content (AvgIpc) is 2.71. The van der Waals surface area contributed by atoms with E-state index in [1.165, 1.54) is 48.1 Å². The molecule has 34 heavy (non-hydrogen) atoms. The van der Waals surface area contributed by atoms with Crippen molar-refractivity contribution in [1.29, 1.82) is 0 Å². The largest absolute Gasteiger partial charge is 0.419 e. The molecule has 2 aromatic heterocycles. The van der Waals surface area contributed by atoms with Crippen LogP contribution in [-0.2, 0) is 17.1 Å². The van der Waals surface area contributed by atoms with E-state index in [9.17, 15) is 30.8 Å². The molecule has 3 aromatic rings. The summed E-state index contributed by atoms with van der Waals surface area (Å²) in [5.41, 5.74) is 0.116. The van der Waals surface area contributed by atoms with Gasteiger partial charge in [0.05, 0.1) is 16.5 Å². The molecule has 1 N–H and O–H groups in total. The molecule has 0 fully saturated rings. The highest BCUT2D eigenvalue weighted by Crippen LogP contribution is 2.32. The summed E-state index contributed by atoms with van der Waals surface area (Å²) in [6, 6.07) is 7.11. The number of hydrogen-bond donors (Lipinski definition) is 1. The van der Waals surface area contributed by atoms with Gasteiger partial charge in [-0.3, -0.25) is 9.52 Å². The summed E-state index contributed by atoms with van der Waals surface area (Å²) >= 11 is 5.95. The standard InChI is InChI=1S/C20H17ClF4N4O4S/c1-29-11-12(6-7-17(29)30)15-10-16(28-34(31,32)9-3-8-20(23,24)25)27-19(26-15)33-18-13(21)4-2-5-14(18)22/h2,4-7,10-11H,3,8-9H2,1H3,(H,26,27,28). The summed E-state index contributed by atoms with van der Waals surface area (Å²) in [6.45, 7) is 0. The molecule has 0 aliphatic rings. The number of rotatable bonds is 8. The number of halogens is 5. The first-order valence-corrected chi connectivity index (χ1v) is 11.6. The zero-order chi connectivity index (χ0) is 25.1. The lowest BCUT2D eigenvalue weighted by Gasteiger charge is -2.13. The van der Waals surface area contributed by atoms with Crippen LogP contribution in [0.15, 0.2) is 47.4 Å². The smallest absolute Gasteiger partial charge is 0.389 e. The van der Waals surface area contributed by atoms with Crippen molar-refractivity contribution in [3.05, 3.63) is 63.8 Å². The van der Waals surface area contributed by atoms with E-state index < -0.39 is 52.4 Å². The van der Waals surface area contributed by atoms with Crippen molar-refractivity contribution in [2.24, 2.45) is 7.05 Å². The lowest BCUT2D eigenvalue weighted by Crippen LogP contribution is -2.20. The summed E-state index contributed by atoms with van der Waals surface area (Å²) in [5.74, 6) is -2.41. The maximum absolute atomic E-state index is 14.2. The van der Waals surface area contributed by atoms with Gasteiger partial charge in [-0.2, -0.15) is 23.1 Å². The molecule has 2 heterocycles. The van der Waals surface area contributed by atoms with Gasteiger partial charge < -0.3 is 9.30 Å². The number of aromatic nitrogens is 3. The maximum atomic E-state index is 14.2. The van der Waals surface area contributed by atoms with Crippen LogP contribution in [0.25, 0.3) is 11.3 Å². The molecule has 14 heteroatoms. The van der Waals surface area contributed by atoms with Crippen LogP contribution in [0.2, 0.25) is 5.02 Å². The predicted molar refractivity (Wildman–Crippen MR) is 117 cm³/mol. The van der Waals surface area contributed by atoms with Crippen molar-refractivity contribution in [2.75, 3.05) is 10.5 Å². The molecular formula is C20H17ClF4N4O4S. The number of benzene rings is 1. The minimum atomic E-state index is -4.50. The third-order valence-electron chi connectivity index (χ3n) is 4.33. The number of nitrogens with one attached hydrogen (secondary N) is 1. The Morgan fingerprint density at radius 3 is 2.56 bits per heavy atom. The van der Waals surface area contributed by atoms with Crippen LogP contribution in [-0.4, -0.2) is 34.9 Å². The summed E-state index contributed by atoms with van der Waals surface area (Å²) in [6.07, 6.45) is -5.03. The van der Waals surface area contributed by atoms with Gasteiger partial charge in [0.15, 0.2) is 11.6 Å². The van der Waals surface area contributed by atoms with E-state index in [1.807, 2.05) is 0 Å². The van der Waals surface area contributed by atoms with Gasteiger partial charge in [-0.25, -0.2) is 12.8 Å². The Balaban J connectivity index is 1.98. The molecule has 0 spiro atoms. The Morgan fingerprint density at radius 2 is 1.91 bits per heavy atom. The van der Waals surface area contributed by atoms with E-state index in [0.29, 0.717) is 5.56 Å². The normalized spacial score (nSPS) is 11.9. The molecule has 0 aliphatic carbocycles. The SMILES string of the molecule is Cn1cc(-c2cc(NS(=O)(=O)CCCC(F)(F)F)nc(Oc3c(F)cccc3Cl)n2)ccc1=O. The molecule has 0 saturated carbocycles. The summed E-state index contributed by atoms with van der Waals surface area (Å²) in [4.78, 5) is 19.7. The number of aryl methyl sites for hydroxylation is 1. The molecule has 0 unspecified atom stereocenters. The zero-order valence-corrected chi connectivity index (χ0v) is 19.0. The molecule has 0 radical (unpaired) electrons. The minimum absolute atomic E-state index is 0.0843. The Labute approximate surface area is 196 Å². The highest BCUT2D eigenvalue weighted by atomic mass is 35.5. The highest BCUT2D eigenvalue weighted by molar-refractivity contribution is 7.92. The minimum Gasteiger partial charge on any atom is -0.419 e.